The van der Waals surface area contributed by atoms with Gasteiger partial charge in [-0.1, -0.05) is 176 Å². The van der Waals surface area contributed by atoms with Gasteiger partial charge in [-0.3, -0.25) is 0 Å². The average Bonchev–Trinajstić information content (AvgIpc) is 3.69. The Balaban J connectivity index is 1.01. The first-order valence-electron chi connectivity index (χ1n) is 19.8. The lowest BCUT2D eigenvalue weighted by Crippen LogP contribution is -2.11. The highest BCUT2D eigenvalue weighted by Crippen LogP contribution is 2.46. The van der Waals surface area contributed by atoms with E-state index in [1.165, 1.54) is 86.2 Å². The van der Waals surface area contributed by atoms with Gasteiger partial charge in [0.1, 0.15) is 0 Å². The molecule has 11 rings (SSSR count). The number of fused-ring (bicyclic) bond motifs is 5. The molecular formula is C56H37NS. The van der Waals surface area contributed by atoms with Crippen molar-refractivity contribution in [2.24, 2.45) is 0 Å². The summed E-state index contributed by atoms with van der Waals surface area (Å²) in [5.41, 5.74) is 13.0. The molecule has 0 amide bonds. The number of benzene rings is 10. The summed E-state index contributed by atoms with van der Waals surface area (Å²) >= 11 is 1.86. The lowest BCUT2D eigenvalue weighted by molar-refractivity contribution is 1.28. The predicted molar refractivity (Wildman–Crippen MR) is 251 cm³/mol. The molecule has 11 aromatic rings. The molecule has 0 aliphatic rings. The Morgan fingerprint density at radius 1 is 0.293 bits per heavy atom. The first kappa shape index (κ1) is 34.0. The van der Waals surface area contributed by atoms with E-state index in [0.717, 1.165) is 17.1 Å². The van der Waals surface area contributed by atoms with Crippen LogP contribution in [0.3, 0.4) is 0 Å². The van der Waals surface area contributed by atoms with E-state index in [1.54, 1.807) is 0 Å². The molecule has 58 heavy (non-hydrogen) atoms. The lowest BCUT2D eigenvalue weighted by atomic mass is 9.95. The van der Waals surface area contributed by atoms with Crippen LogP contribution in [0.5, 0.6) is 0 Å². The van der Waals surface area contributed by atoms with E-state index in [1.807, 2.05) is 11.3 Å². The Kier molecular flexibility index (Phi) is 8.42. The Bertz CT molecular complexity index is 3260. The fraction of sp³-hybridized carbons (Fsp3) is 0. The molecule has 0 atom stereocenters. The molecule has 0 bridgehead atoms. The van der Waals surface area contributed by atoms with Crippen LogP contribution in [0, 0.1) is 0 Å². The van der Waals surface area contributed by atoms with Crippen molar-refractivity contribution >= 4 is 70.1 Å². The second kappa shape index (κ2) is 14.4. The second-order valence-electron chi connectivity index (χ2n) is 14.9. The van der Waals surface area contributed by atoms with E-state index in [-0.39, 0.29) is 0 Å². The smallest absolute Gasteiger partial charge is 0.0540 e. The SMILES string of the molecule is c1ccc(N(c2ccc(-c3ccc(-c4cccc5ccccc45)cc3)cc2)c2ccc(-c3ccc4ccccc4c3)cc2)c(-c2cccc3sc4ccccc4c23)c1. The third-order valence-electron chi connectivity index (χ3n) is 11.5. The van der Waals surface area contributed by atoms with Gasteiger partial charge < -0.3 is 4.90 Å². The highest BCUT2D eigenvalue weighted by Gasteiger charge is 2.20. The van der Waals surface area contributed by atoms with Crippen LogP contribution in [-0.2, 0) is 0 Å². The Morgan fingerprint density at radius 2 is 0.793 bits per heavy atom. The first-order valence-corrected chi connectivity index (χ1v) is 20.6. The second-order valence-corrected chi connectivity index (χ2v) is 16.0. The van der Waals surface area contributed by atoms with Crippen LogP contribution in [0.2, 0.25) is 0 Å². The number of rotatable bonds is 7. The van der Waals surface area contributed by atoms with Crippen LogP contribution in [0.1, 0.15) is 0 Å². The molecule has 2 heteroatoms. The summed E-state index contributed by atoms with van der Waals surface area (Å²) in [6, 6.07) is 81.9. The lowest BCUT2D eigenvalue weighted by Gasteiger charge is -2.28. The van der Waals surface area contributed by atoms with Gasteiger partial charge in [-0.25, -0.2) is 0 Å². The molecule has 1 heterocycles. The third-order valence-corrected chi connectivity index (χ3v) is 12.6. The van der Waals surface area contributed by atoms with Crippen LogP contribution in [0.25, 0.3) is 86.2 Å². The summed E-state index contributed by atoms with van der Waals surface area (Å²) in [6.07, 6.45) is 0. The maximum atomic E-state index is 2.42. The molecule has 0 fully saturated rings. The van der Waals surface area contributed by atoms with Crippen molar-refractivity contribution in [3.05, 3.63) is 224 Å². The van der Waals surface area contributed by atoms with E-state index >= 15 is 0 Å². The van der Waals surface area contributed by atoms with Gasteiger partial charge in [-0.05, 0) is 109 Å². The molecule has 0 radical (unpaired) electrons. The monoisotopic (exact) mass is 755 g/mol. The molecule has 0 unspecified atom stereocenters. The minimum Gasteiger partial charge on any atom is -0.310 e. The zero-order valence-electron chi connectivity index (χ0n) is 31.7. The minimum atomic E-state index is 1.10. The largest absolute Gasteiger partial charge is 0.310 e. The Hall–Kier alpha value is -7.26. The van der Waals surface area contributed by atoms with Gasteiger partial charge in [-0.2, -0.15) is 0 Å². The van der Waals surface area contributed by atoms with Crippen LogP contribution in [0.4, 0.5) is 17.1 Å². The molecule has 272 valence electrons. The van der Waals surface area contributed by atoms with Crippen LogP contribution < -0.4 is 4.90 Å². The van der Waals surface area contributed by atoms with Crippen LogP contribution in [0.15, 0.2) is 224 Å². The predicted octanol–water partition coefficient (Wildman–Crippen LogP) is 16.5. The Morgan fingerprint density at radius 3 is 1.57 bits per heavy atom. The number of hydrogen-bond acceptors (Lipinski definition) is 2. The third kappa shape index (κ3) is 6.03. The number of nitrogens with zero attached hydrogens (tertiary/aromatic N) is 1. The zero-order chi connectivity index (χ0) is 38.4. The van der Waals surface area contributed by atoms with Crippen molar-refractivity contribution < 1.29 is 0 Å². The summed E-state index contributed by atoms with van der Waals surface area (Å²) < 4.78 is 2.61. The van der Waals surface area contributed by atoms with Gasteiger partial charge in [0.05, 0.1) is 5.69 Å². The molecule has 0 aliphatic heterocycles. The molecule has 1 aromatic heterocycles. The summed E-state index contributed by atoms with van der Waals surface area (Å²) in [5, 5.41) is 7.64. The van der Waals surface area contributed by atoms with E-state index in [9.17, 15) is 0 Å². The minimum absolute atomic E-state index is 1.10. The average molecular weight is 756 g/mol. The summed E-state index contributed by atoms with van der Waals surface area (Å²) in [7, 11) is 0. The number of anilines is 3. The van der Waals surface area contributed by atoms with E-state index in [4.69, 9.17) is 0 Å². The Labute approximate surface area is 342 Å². The number of thiophene rings is 1. The van der Waals surface area contributed by atoms with Gasteiger partial charge in [0.2, 0.25) is 0 Å². The fourth-order valence-electron chi connectivity index (χ4n) is 8.62. The molecule has 1 nitrogen and oxygen atoms in total. The summed E-state index contributed by atoms with van der Waals surface area (Å²) in [5.74, 6) is 0. The van der Waals surface area contributed by atoms with Crippen molar-refractivity contribution in [2.45, 2.75) is 0 Å². The number of hydrogen-bond donors (Lipinski definition) is 0. The van der Waals surface area contributed by atoms with Crippen molar-refractivity contribution in [2.75, 3.05) is 4.90 Å². The highest BCUT2D eigenvalue weighted by molar-refractivity contribution is 7.25. The van der Waals surface area contributed by atoms with Gasteiger partial charge in [0, 0.05) is 37.1 Å². The van der Waals surface area contributed by atoms with Gasteiger partial charge in [-0.15, -0.1) is 11.3 Å². The molecule has 0 saturated carbocycles. The van der Waals surface area contributed by atoms with E-state index in [0.29, 0.717) is 0 Å². The van der Waals surface area contributed by atoms with Crippen molar-refractivity contribution in [1.82, 2.24) is 0 Å². The van der Waals surface area contributed by atoms with Crippen molar-refractivity contribution in [1.29, 1.82) is 0 Å². The van der Waals surface area contributed by atoms with Crippen LogP contribution in [-0.4, -0.2) is 0 Å². The molecular weight excluding hydrogens is 719 g/mol. The first-order chi connectivity index (χ1) is 28.7. The highest BCUT2D eigenvalue weighted by atomic mass is 32.1. The maximum Gasteiger partial charge on any atom is 0.0540 e. The quantitative estimate of drug-likeness (QED) is 0.157. The molecule has 0 spiro atoms. The van der Waals surface area contributed by atoms with Gasteiger partial charge in [0.25, 0.3) is 0 Å². The topological polar surface area (TPSA) is 3.24 Å². The summed E-state index contributed by atoms with van der Waals surface area (Å²) in [6.45, 7) is 0. The van der Waals surface area contributed by atoms with Gasteiger partial charge in [0.15, 0.2) is 0 Å². The molecule has 0 saturated heterocycles. The van der Waals surface area contributed by atoms with E-state index < -0.39 is 0 Å². The zero-order valence-corrected chi connectivity index (χ0v) is 32.5. The van der Waals surface area contributed by atoms with Crippen molar-refractivity contribution in [3.63, 3.8) is 0 Å². The molecule has 0 aliphatic carbocycles. The standard InChI is InChI=1S/C56H37NS/c1-2-13-44-37-45(28-25-38(44)11-1)41-31-35-47(36-32-41)57(53-20-7-5-16-50(53)51-19-10-22-55-56(51)52-17-6-8-21-54(52)58-55)46-33-29-40(30-34-46)39-23-26-43(27-24-39)49-18-9-14-42-12-3-4-15-48(42)49/h1-37H. The maximum absolute atomic E-state index is 2.42. The van der Waals surface area contributed by atoms with Crippen LogP contribution >= 0.6 is 11.3 Å². The normalized spacial score (nSPS) is 11.4. The molecule has 10 aromatic carbocycles. The van der Waals surface area contributed by atoms with Crippen molar-refractivity contribution in [3.8, 4) is 44.5 Å². The fourth-order valence-corrected chi connectivity index (χ4v) is 9.75. The van der Waals surface area contributed by atoms with Gasteiger partial charge >= 0.3 is 0 Å². The van der Waals surface area contributed by atoms with E-state index in [2.05, 4.69) is 229 Å². The molecule has 0 N–H and O–H groups in total. The number of para-hydroxylation sites is 1. The summed E-state index contributed by atoms with van der Waals surface area (Å²) in [4.78, 5) is 2.42.